The molecule has 0 amide bonds. The number of nitrogens with zero attached hydrogens (tertiary/aromatic N) is 1. The van der Waals surface area contributed by atoms with E-state index < -0.39 is 0 Å². The lowest BCUT2D eigenvalue weighted by atomic mass is 10.0. The number of rotatable bonds is 6. The first-order chi connectivity index (χ1) is 6.31. The van der Waals surface area contributed by atoms with Gasteiger partial charge in [0.25, 0.3) is 0 Å². The van der Waals surface area contributed by atoms with Gasteiger partial charge in [-0.1, -0.05) is 13.8 Å². The second-order valence-electron chi connectivity index (χ2n) is 5.04. The molecule has 0 spiro atoms. The van der Waals surface area contributed by atoms with Crippen molar-refractivity contribution >= 4 is 0 Å². The molecule has 2 N–H and O–H groups in total. The van der Waals surface area contributed by atoms with Crippen molar-refractivity contribution in [3.63, 3.8) is 0 Å². The summed E-state index contributed by atoms with van der Waals surface area (Å²) in [7, 11) is 4.13. The topological polar surface area (TPSA) is 38.5 Å². The second-order valence-corrected chi connectivity index (χ2v) is 5.04. The van der Waals surface area contributed by atoms with E-state index in [1.807, 2.05) is 0 Å². The first kappa shape index (κ1) is 13.9. The van der Waals surface area contributed by atoms with Gasteiger partial charge in [0.1, 0.15) is 0 Å². The lowest BCUT2D eigenvalue weighted by molar-refractivity contribution is -0.0264. The fourth-order valence-electron chi connectivity index (χ4n) is 0.973. The highest BCUT2D eigenvalue weighted by molar-refractivity contribution is 4.77. The fraction of sp³-hybridized carbons (Fsp3) is 1.00. The summed E-state index contributed by atoms with van der Waals surface area (Å²) in [4.78, 5) is 2.17. The summed E-state index contributed by atoms with van der Waals surface area (Å²) in [5.74, 6) is 0.484. The molecule has 0 saturated carbocycles. The van der Waals surface area contributed by atoms with Crippen LogP contribution in [-0.2, 0) is 4.74 Å². The van der Waals surface area contributed by atoms with Crippen LogP contribution in [-0.4, -0.2) is 43.8 Å². The van der Waals surface area contributed by atoms with Gasteiger partial charge in [-0.25, -0.2) is 0 Å². The Labute approximate surface area is 88.6 Å². The van der Waals surface area contributed by atoms with Crippen LogP contribution in [0.4, 0.5) is 0 Å². The molecule has 3 nitrogen and oxygen atoms in total. The zero-order valence-corrected chi connectivity index (χ0v) is 10.5. The second kappa shape index (κ2) is 5.69. The third-order valence-corrected chi connectivity index (χ3v) is 2.84. The molecule has 14 heavy (non-hydrogen) atoms. The van der Waals surface area contributed by atoms with E-state index in [1.54, 1.807) is 0 Å². The molecule has 0 rings (SSSR count). The van der Waals surface area contributed by atoms with Crippen molar-refractivity contribution in [3.8, 4) is 0 Å². The van der Waals surface area contributed by atoms with E-state index in [0.717, 1.165) is 6.61 Å². The third kappa shape index (κ3) is 4.40. The molecule has 3 heteroatoms. The van der Waals surface area contributed by atoms with Gasteiger partial charge in [0.15, 0.2) is 0 Å². The first-order valence-corrected chi connectivity index (χ1v) is 5.30. The van der Waals surface area contributed by atoms with Crippen LogP contribution in [0.3, 0.4) is 0 Å². The van der Waals surface area contributed by atoms with Gasteiger partial charge in [0.2, 0.25) is 0 Å². The van der Waals surface area contributed by atoms with Crippen LogP contribution in [0.2, 0.25) is 0 Å². The van der Waals surface area contributed by atoms with E-state index in [-0.39, 0.29) is 11.6 Å². The fourth-order valence-corrected chi connectivity index (χ4v) is 0.973. The van der Waals surface area contributed by atoms with E-state index in [9.17, 15) is 0 Å². The van der Waals surface area contributed by atoms with Crippen LogP contribution >= 0.6 is 0 Å². The Morgan fingerprint density at radius 3 is 2.07 bits per heavy atom. The Hall–Kier alpha value is -0.120. The summed E-state index contributed by atoms with van der Waals surface area (Å²) < 4.78 is 5.81. The number of hydrogen-bond donors (Lipinski definition) is 1. The van der Waals surface area contributed by atoms with Crippen molar-refractivity contribution < 1.29 is 4.74 Å². The smallest absolute Gasteiger partial charge is 0.0721 e. The Morgan fingerprint density at radius 2 is 1.79 bits per heavy atom. The van der Waals surface area contributed by atoms with E-state index in [4.69, 9.17) is 10.5 Å². The largest absolute Gasteiger partial charge is 0.375 e. The maximum absolute atomic E-state index is 5.81. The Bertz CT molecular complexity index is 155. The molecule has 86 valence electrons. The highest BCUT2D eigenvalue weighted by Crippen LogP contribution is 2.13. The minimum absolute atomic E-state index is 0.0717. The van der Waals surface area contributed by atoms with Crippen molar-refractivity contribution in [1.29, 1.82) is 0 Å². The lowest BCUT2D eigenvalue weighted by Crippen LogP contribution is -2.45. The number of nitrogens with two attached hydrogens (primary N) is 1. The van der Waals surface area contributed by atoms with E-state index >= 15 is 0 Å². The maximum Gasteiger partial charge on any atom is 0.0721 e. The highest BCUT2D eigenvalue weighted by atomic mass is 16.5. The molecule has 0 aromatic carbocycles. The number of ether oxygens (including phenoxy) is 1. The zero-order chi connectivity index (χ0) is 11.4. The molecule has 0 aromatic rings. The minimum Gasteiger partial charge on any atom is -0.375 e. The highest BCUT2D eigenvalue weighted by Gasteiger charge is 2.23. The predicted molar refractivity (Wildman–Crippen MR) is 61.4 cm³/mol. The lowest BCUT2D eigenvalue weighted by Gasteiger charge is -2.34. The van der Waals surface area contributed by atoms with Crippen LogP contribution in [0, 0.1) is 5.92 Å². The molecule has 0 saturated heterocycles. The quantitative estimate of drug-likeness (QED) is 0.706. The molecule has 1 unspecified atom stereocenters. The molecular formula is C11H26N2O. The van der Waals surface area contributed by atoms with Crippen molar-refractivity contribution in [2.75, 3.05) is 27.2 Å². The van der Waals surface area contributed by atoms with Crippen LogP contribution in [0.5, 0.6) is 0 Å². The van der Waals surface area contributed by atoms with Gasteiger partial charge < -0.3 is 15.4 Å². The van der Waals surface area contributed by atoms with Gasteiger partial charge in [-0.05, 0) is 33.9 Å². The molecule has 0 aromatic heterocycles. The predicted octanol–water partition coefficient (Wildman–Crippen LogP) is 1.33. The normalized spacial score (nSPS) is 15.2. The van der Waals surface area contributed by atoms with Gasteiger partial charge in [0.05, 0.1) is 12.7 Å². The average molecular weight is 202 g/mol. The van der Waals surface area contributed by atoms with Gasteiger partial charge in [-0.15, -0.1) is 0 Å². The summed E-state index contributed by atoms with van der Waals surface area (Å²) in [5, 5.41) is 0. The number of hydrogen-bond acceptors (Lipinski definition) is 3. The van der Waals surface area contributed by atoms with Crippen LogP contribution in [0.1, 0.15) is 27.7 Å². The molecule has 0 fully saturated rings. The molecular weight excluding hydrogens is 176 g/mol. The molecule has 0 radical (unpaired) electrons. The Kier molecular flexibility index (Phi) is 5.64. The molecule has 1 atom stereocenters. The van der Waals surface area contributed by atoms with E-state index in [1.165, 1.54) is 0 Å². The number of likely N-dealkylation sites (N-methyl/N-ethyl adjacent to an activating group) is 1. The minimum atomic E-state index is 0.0717. The van der Waals surface area contributed by atoms with Gasteiger partial charge >= 0.3 is 0 Å². The Morgan fingerprint density at radius 1 is 1.29 bits per heavy atom. The average Bonchev–Trinajstić information content (AvgIpc) is 2.04. The van der Waals surface area contributed by atoms with E-state index in [2.05, 4.69) is 46.7 Å². The van der Waals surface area contributed by atoms with Gasteiger partial charge in [0, 0.05) is 12.1 Å². The van der Waals surface area contributed by atoms with Crippen LogP contribution < -0.4 is 5.73 Å². The molecule has 0 aliphatic carbocycles. The summed E-state index contributed by atoms with van der Waals surface area (Å²) in [6.07, 6.45) is 0.175. The standard InChI is InChI=1S/C11H26N2O/c1-9(2)10(7-12)14-8-11(3,4)13(5)6/h9-10H,7-8,12H2,1-6H3. The summed E-state index contributed by atoms with van der Waals surface area (Å²) in [5.41, 5.74) is 5.71. The molecule has 0 aliphatic rings. The Balaban J connectivity index is 4.02. The maximum atomic E-state index is 5.81. The van der Waals surface area contributed by atoms with Crippen molar-refractivity contribution in [2.24, 2.45) is 11.7 Å². The SMILES string of the molecule is CC(C)C(CN)OCC(C)(C)N(C)C. The van der Waals surface area contributed by atoms with Crippen LogP contribution in [0.25, 0.3) is 0 Å². The van der Waals surface area contributed by atoms with Crippen molar-refractivity contribution in [3.05, 3.63) is 0 Å². The van der Waals surface area contributed by atoms with Gasteiger partial charge in [-0.2, -0.15) is 0 Å². The zero-order valence-electron chi connectivity index (χ0n) is 10.5. The summed E-state index contributed by atoms with van der Waals surface area (Å²) in [6.45, 7) is 9.93. The summed E-state index contributed by atoms with van der Waals surface area (Å²) in [6, 6.07) is 0. The van der Waals surface area contributed by atoms with E-state index in [0.29, 0.717) is 12.5 Å². The van der Waals surface area contributed by atoms with Crippen molar-refractivity contribution in [2.45, 2.75) is 39.3 Å². The monoisotopic (exact) mass is 202 g/mol. The third-order valence-electron chi connectivity index (χ3n) is 2.84. The summed E-state index contributed by atoms with van der Waals surface area (Å²) >= 11 is 0. The molecule has 0 bridgehead atoms. The van der Waals surface area contributed by atoms with Crippen LogP contribution in [0.15, 0.2) is 0 Å². The first-order valence-electron chi connectivity index (χ1n) is 5.30. The van der Waals surface area contributed by atoms with Crippen molar-refractivity contribution in [1.82, 2.24) is 4.90 Å². The molecule has 0 heterocycles. The van der Waals surface area contributed by atoms with Gasteiger partial charge in [-0.3, -0.25) is 0 Å². The molecule has 0 aliphatic heterocycles.